The Hall–Kier alpha value is -2.04. The van der Waals surface area contributed by atoms with Gasteiger partial charge in [-0.1, -0.05) is 12.1 Å². The Kier molecular flexibility index (Phi) is 4.32. The van der Waals surface area contributed by atoms with Crippen molar-refractivity contribution in [2.45, 2.75) is 25.7 Å². The number of hydrogen-bond donors (Lipinski definition) is 0. The molecule has 2 aliphatic heterocycles. The summed E-state index contributed by atoms with van der Waals surface area (Å²) in [6, 6.07) is 7.46. The summed E-state index contributed by atoms with van der Waals surface area (Å²) in [4.78, 5) is 28.5. The number of likely N-dealkylation sites (tertiary alicyclic amines) is 1. The zero-order chi connectivity index (χ0) is 15.5. The smallest absolute Gasteiger partial charge is 0.228 e. The highest BCUT2D eigenvalue weighted by molar-refractivity contribution is 6.01. The Bertz CT molecular complexity index is 567. The standard InChI is InChI=1S/C17H22N2O3/c1-22-15-8-4-3-7-14(15)19-12-13(11-16(19)20)17(21)18-9-5-2-6-10-18/h3-4,7-8,13H,2,5-6,9-12H2,1H3/t13-/m0/s1. The number of rotatable bonds is 3. The summed E-state index contributed by atoms with van der Waals surface area (Å²) in [5.74, 6) is 0.572. The number of carbonyl (C=O) groups is 2. The maximum atomic E-state index is 12.6. The van der Waals surface area contributed by atoms with Gasteiger partial charge in [-0.2, -0.15) is 0 Å². The molecule has 2 heterocycles. The van der Waals surface area contributed by atoms with Gasteiger partial charge in [0.15, 0.2) is 0 Å². The minimum absolute atomic E-state index is 0.000130. The Labute approximate surface area is 130 Å². The van der Waals surface area contributed by atoms with Crippen molar-refractivity contribution in [1.29, 1.82) is 0 Å². The summed E-state index contributed by atoms with van der Waals surface area (Å²) < 4.78 is 5.33. The predicted molar refractivity (Wildman–Crippen MR) is 83.9 cm³/mol. The van der Waals surface area contributed by atoms with Crippen LogP contribution in [0.25, 0.3) is 0 Å². The molecule has 2 fully saturated rings. The number of benzene rings is 1. The van der Waals surface area contributed by atoms with Crippen LogP contribution in [0.4, 0.5) is 5.69 Å². The van der Waals surface area contributed by atoms with E-state index in [9.17, 15) is 9.59 Å². The number of piperidine rings is 1. The third-order valence-corrected chi connectivity index (χ3v) is 4.52. The molecule has 22 heavy (non-hydrogen) atoms. The van der Waals surface area contributed by atoms with Gasteiger partial charge in [-0.05, 0) is 31.4 Å². The van der Waals surface area contributed by atoms with E-state index in [-0.39, 0.29) is 17.7 Å². The molecule has 0 saturated carbocycles. The SMILES string of the molecule is COc1ccccc1N1C[C@@H](C(=O)N2CCCCC2)CC1=O. The first kappa shape index (κ1) is 14.9. The van der Waals surface area contributed by atoms with Crippen LogP contribution in [0.15, 0.2) is 24.3 Å². The Balaban J connectivity index is 1.74. The van der Waals surface area contributed by atoms with Crippen LogP contribution < -0.4 is 9.64 Å². The average molecular weight is 302 g/mol. The molecule has 2 amide bonds. The number of para-hydroxylation sites is 2. The first-order valence-electron chi connectivity index (χ1n) is 7.93. The van der Waals surface area contributed by atoms with Crippen LogP contribution in [-0.4, -0.2) is 43.5 Å². The van der Waals surface area contributed by atoms with Gasteiger partial charge in [-0.25, -0.2) is 0 Å². The zero-order valence-corrected chi connectivity index (χ0v) is 13.0. The summed E-state index contributed by atoms with van der Waals surface area (Å²) in [6.07, 6.45) is 3.64. The van der Waals surface area contributed by atoms with Crippen molar-refractivity contribution in [2.75, 3.05) is 31.6 Å². The lowest BCUT2D eigenvalue weighted by Gasteiger charge is -2.29. The molecule has 0 bridgehead atoms. The maximum absolute atomic E-state index is 12.6. The second-order valence-corrected chi connectivity index (χ2v) is 5.96. The fourth-order valence-corrected chi connectivity index (χ4v) is 3.33. The lowest BCUT2D eigenvalue weighted by Crippen LogP contribution is -2.40. The Morgan fingerprint density at radius 3 is 2.64 bits per heavy atom. The molecule has 0 N–H and O–H groups in total. The van der Waals surface area contributed by atoms with Crippen molar-refractivity contribution in [3.63, 3.8) is 0 Å². The molecule has 5 heteroatoms. The number of carbonyl (C=O) groups excluding carboxylic acids is 2. The number of amides is 2. The molecule has 118 valence electrons. The van der Waals surface area contributed by atoms with E-state index in [1.165, 1.54) is 6.42 Å². The van der Waals surface area contributed by atoms with Crippen LogP contribution in [0.1, 0.15) is 25.7 Å². The molecular formula is C17H22N2O3. The summed E-state index contributed by atoms with van der Waals surface area (Å²) in [5.41, 5.74) is 0.754. The Morgan fingerprint density at radius 2 is 1.91 bits per heavy atom. The van der Waals surface area contributed by atoms with Crippen LogP contribution in [0, 0.1) is 5.92 Å². The minimum atomic E-state index is -0.226. The van der Waals surface area contributed by atoms with Crippen LogP contribution in [0.3, 0.4) is 0 Å². The molecule has 5 nitrogen and oxygen atoms in total. The van der Waals surface area contributed by atoms with Gasteiger partial charge in [0, 0.05) is 26.1 Å². The third kappa shape index (κ3) is 2.80. The average Bonchev–Trinajstić information content (AvgIpc) is 2.96. The minimum Gasteiger partial charge on any atom is -0.495 e. The van der Waals surface area contributed by atoms with Crippen molar-refractivity contribution in [1.82, 2.24) is 4.90 Å². The molecule has 2 aliphatic rings. The van der Waals surface area contributed by atoms with Gasteiger partial charge >= 0.3 is 0 Å². The van der Waals surface area contributed by atoms with Gasteiger partial charge < -0.3 is 14.5 Å². The van der Waals surface area contributed by atoms with Crippen molar-refractivity contribution in [2.24, 2.45) is 5.92 Å². The lowest BCUT2D eigenvalue weighted by molar-refractivity contribution is -0.136. The number of nitrogens with zero attached hydrogens (tertiary/aromatic N) is 2. The van der Waals surface area contributed by atoms with Gasteiger partial charge in [0.05, 0.1) is 18.7 Å². The van der Waals surface area contributed by atoms with E-state index in [0.717, 1.165) is 31.6 Å². The van der Waals surface area contributed by atoms with Crippen LogP contribution >= 0.6 is 0 Å². The van der Waals surface area contributed by atoms with Gasteiger partial charge in [-0.3, -0.25) is 9.59 Å². The molecule has 1 aromatic carbocycles. The predicted octanol–water partition coefficient (Wildman–Crippen LogP) is 2.06. The maximum Gasteiger partial charge on any atom is 0.228 e. The molecule has 0 aromatic heterocycles. The summed E-state index contributed by atoms with van der Waals surface area (Å²) in [6.45, 7) is 2.12. The first-order valence-corrected chi connectivity index (χ1v) is 7.93. The van der Waals surface area contributed by atoms with Crippen molar-refractivity contribution < 1.29 is 14.3 Å². The number of methoxy groups -OCH3 is 1. The summed E-state index contributed by atoms with van der Waals surface area (Å²) in [7, 11) is 1.59. The first-order chi connectivity index (χ1) is 10.7. The quantitative estimate of drug-likeness (QED) is 0.859. The van der Waals surface area contributed by atoms with E-state index in [2.05, 4.69) is 0 Å². The van der Waals surface area contributed by atoms with Gasteiger partial charge in [0.25, 0.3) is 0 Å². The van der Waals surface area contributed by atoms with E-state index in [1.807, 2.05) is 29.2 Å². The molecule has 3 rings (SSSR count). The molecule has 0 aliphatic carbocycles. The van der Waals surface area contributed by atoms with Gasteiger partial charge in [0.1, 0.15) is 5.75 Å². The fraction of sp³-hybridized carbons (Fsp3) is 0.529. The van der Waals surface area contributed by atoms with Crippen LogP contribution in [0.5, 0.6) is 5.75 Å². The van der Waals surface area contributed by atoms with Crippen molar-refractivity contribution >= 4 is 17.5 Å². The second kappa shape index (κ2) is 6.38. The molecular weight excluding hydrogens is 280 g/mol. The van der Waals surface area contributed by atoms with Gasteiger partial charge in [0.2, 0.25) is 11.8 Å². The zero-order valence-electron chi connectivity index (χ0n) is 13.0. The molecule has 2 saturated heterocycles. The molecule has 0 radical (unpaired) electrons. The van der Waals surface area contributed by atoms with E-state index in [1.54, 1.807) is 12.0 Å². The van der Waals surface area contributed by atoms with Crippen LogP contribution in [-0.2, 0) is 9.59 Å². The third-order valence-electron chi connectivity index (χ3n) is 4.52. The number of ether oxygens (including phenoxy) is 1. The van der Waals surface area contributed by atoms with E-state index in [4.69, 9.17) is 4.74 Å². The van der Waals surface area contributed by atoms with E-state index >= 15 is 0 Å². The van der Waals surface area contributed by atoms with E-state index in [0.29, 0.717) is 18.7 Å². The second-order valence-electron chi connectivity index (χ2n) is 5.96. The lowest BCUT2D eigenvalue weighted by atomic mass is 10.0. The highest BCUT2D eigenvalue weighted by Crippen LogP contribution is 2.33. The summed E-state index contributed by atoms with van der Waals surface area (Å²) in [5, 5.41) is 0. The van der Waals surface area contributed by atoms with Crippen molar-refractivity contribution in [3.8, 4) is 5.75 Å². The topological polar surface area (TPSA) is 49.9 Å². The molecule has 1 aromatic rings. The highest BCUT2D eigenvalue weighted by atomic mass is 16.5. The highest BCUT2D eigenvalue weighted by Gasteiger charge is 2.38. The van der Waals surface area contributed by atoms with Gasteiger partial charge in [-0.15, -0.1) is 0 Å². The monoisotopic (exact) mass is 302 g/mol. The summed E-state index contributed by atoms with van der Waals surface area (Å²) >= 11 is 0. The normalized spacial score (nSPS) is 22.0. The van der Waals surface area contributed by atoms with Crippen LogP contribution in [0.2, 0.25) is 0 Å². The molecule has 0 unspecified atom stereocenters. The van der Waals surface area contributed by atoms with E-state index < -0.39 is 0 Å². The largest absolute Gasteiger partial charge is 0.495 e. The number of anilines is 1. The van der Waals surface area contributed by atoms with Crippen molar-refractivity contribution in [3.05, 3.63) is 24.3 Å². The fourth-order valence-electron chi connectivity index (χ4n) is 3.33. The molecule has 1 atom stereocenters. The molecule has 0 spiro atoms. The Morgan fingerprint density at radius 1 is 1.18 bits per heavy atom. The number of hydrogen-bond acceptors (Lipinski definition) is 3.